The number of hydrogen-bond donors (Lipinski definition) is 0. The largest absolute Gasteiger partial charge is 0.370 e. The van der Waals surface area contributed by atoms with Crippen molar-refractivity contribution in [2.75, 3.05) is 18.0 Å². The standard InChI is InChI=1S/C15H20BrN/c1-11-7-13(8-12(2)14(11)16)17-9-15(10-17)5-3-4-6-15/h7-8H,3-6,9-10H2,1-2H3. The number of nitrogens with zero attached hydrogens (tertiary/aromatic N) is 1. The van der Waals surface area contributed by atoms with E-state index in [1.165, 1.54) is 60.1 Å². The SMILES string of the molecule is Cc1cc(N2CC3(CCCC3)C2)cc(C)c1Br. The minimum Gasteiger partial charge on any atom is -0.370 e. The highest BCUT2D eigenvalue weighted by Crippen LogP contribution is 2.47. The minimum atomic E-state index is 0.689. The van der Waals surface area contributed by atoms with Crippen molar-refractivity contribution in [2.45, 2.75) is 39.5 Å². The molecule has 92 valence electrons. The van der Waals surface area contributed by atoms with Crippen LogP contribution in [0, 0.1) is 19.3 Å². The van der Waals surface area contributed by atoms with Crippen molar-refractivity contribution in [3.63, 3.8) is 0 Å². The Bertz CT molecular complexity index is 415. The van der Waals surface area contributed by atoms with Crippen LogP contribution in [0.1, 0.15) is 36.8 Å². The zero-order valence-corrected chi connectivity index (χ0v) is 12.3. The van der Waals surface area contributed by atoms with Gasteiger partial charge in [-0.05, 0) is 49.9 Å². The quantitative estimate of drug-likeness (QED) is 0.740. The molecule has 0 N–H and O–H groups in total. The summed E-state index contributed by atoms with van der Waals surface area (Å²) >= 11 is 3.64. The van der Waals surface area contributed by atoms with Gasteiger partial charge in [-0.2, -0.15) is 0 Å². The van der Waals surface area contributed by atoms with Crippen LogP contribution in [0.4, 0.5) is 5.69 Å². The molecule has 1 spiro atoms. The van der Waals surface area contributed by atoms with Crippen LogP contribution in [0.25, 0.3) is 0 Å². The lowest BCUT2D eigenvalue weighted by Gasteiger charge is -2.50. The molecule has 2 fully saturated rings. The second kappa shape index (κ2) is 4.01. The molecule has 2 aliphatic rings. The maximum absolute atomic E-state index is 3.64. The number of hydrogen-bond acceptors (Lipinski definition) is 1. The van der Waals surface area contributed by atoms with Crippen molar-refractivity contribution >= 4 is 21.6 Å². The Balaban J connectivity index is 1.78. The summed E-state index contributed by atoms with van der Waals surface area (Å²) in [4.78, 5) is 2.55. The Morgan fingerprint density at radius 2 is 1.59 bits per heavy atom. The van der Waals surface area contributed by atoms with E-state index in [4.69, 9.17) is 0 Å². The summed E-state index contributed by atoms with van der Waals surface area (Å²) in [6, 6.07) is 4.64. The van der Waals surface area contributed by atoms with Crippen molar-refractivity contribution < 1.29 is 0 Å². The fourth-order valence-corrected chi connectivity index (χ4v) is 3.72. The molecule has 0 unspecified atom stereocenters. The van der Waals surface area contributed by atoms with Crippen molar-refractivity contribution in [2.24, 2.45) is 5.41 Å². The van der Waals surface area contributed by atoms with Gasteiger partial charge in [0.25, 0.3) is 0 Å². The third-order valence-corrected chi connectivity index (χ3v) is 5.75. The fraction of sp³-hybridized carbons (Fsp3) is 0.600. The van der Waals surface area contributed by atoms with E-state index in [0.29, 0.717) is 5.41 Å². The zero-order chi connectivity index (χ0) is 12.0. The van der Waals surface area contributed by atoms with Crippen LogP contribution < -0.4 is 4.90 Å². The van der Waals surface area contributed by atoms with E-state index in [1.807, 2.05) is 0 Å². The molecule has 1 saturated heterocycles. The van der Waals surface area contributed by atoms with E-state index in [0.717, 1.165) is 0 Å². The highest BCUT2D eigenvalue weighted by molar-refractivity contribution is 9.10. The van der Waals surface area contributed by atoms with Crippen LogP contribution in [-0.2, 0) is 0 Å². The molecule has 3 rings (SSSR count). The Labute approximate surface area is 112 Å². The Kier molecular flexibility index (Phi) is 2.73. The van der Waals surface area contributed by atoms with Crippen LogP contribution in [0.3, 0.4) is 0 Å². The number of benzene rings is 1. The minimum absolute atomic E-state index is 0.689. The van der Waals surface area contributed by atoms with Gasteiger partial charge in [0.15, 0.2) is 0 Å². The Morgan fingerprint density at radius 1 is 1.06 bits per heavy atom. The highest BCUT2D eigenvalue weighted by atomic mass is 79.9. The Morgan fingerprint density at radius 3 is 2.12 bits per heavy atom. The van der Waals surface area contributed by atoms with Crippen molar-refractivity contribution in [3.05, 3.63) is 27.7 Å². The Hall–Kier alpha value is -0.500. The van der Waals surface area contributed by atoms with Crippen LogP contribution >= 0.6 is 15.9 Å². The number of halogens is 1. The summed E-state index contributed by atoms with van der Waals surface area (Å²) < 4.78 is 1.26. The van der Waals surface area contributed by atoms with E-state index >= 15 is 0 Å². The van der Waals surface area contributed by atoms with Gasteiger partial charge in [0.05, 0.1) is 0 Å². The lowest BCUT2D eigenvalue weighted by molar-refractivity contribution is 0.222. The van der Waals surface area contributed by atoms with Crippen LogP contribution in [0.5, 0.6) is 0 Å². The maximum Gasteiger partial charge on any atom is 0.0372 e. The summed E-state index contributed by atoms with van der Waals surface area (Å²) in [6.07, 6.45) is 5.81. The summed E-state index contributed by atoms with van der Waals surface area (Å²) in [6.45, 7) is 6.94. The zero-order valence-electron chi connectivity index (χ0n) is 10.7. The van der Waals surface area contributed by atoms with Gasteiger partial charge in [0.2, 0.25) is 0 Å². The third-order valence-electron chi connectivity index (χ3n) is 4.50. The lowest BCUT2D eigenvalue weighted by atomic mass is 9.78. The molecule has 1 aliphatic heterocycles. The number of aryl methyl sites for hydroxylation is 2. The molecule has 1 saturated carbocycles. The second-order valence-electron chi connectivity index (χ2n) is 5.96. The van der Waals surface area contributed by atoms with Gasteiger partial charge < -0.3 is 4.90 Å². The molecule has 0 bridgehead atoms. The molecule has 2 heteroatoms. The first-order chi connectivity index (χ1) is 8.10. The molecular formula is C15H20BrN. The lowest BCUT2D eigenvalue weighted by Crippen LogP contribution is -2.55. The monoisotopic (exact) mass is 293 g/mol. The predicted octanol–water partition coefficient (Wildman–Crippen LogP) is 4.45. The van der Waals surface area contributed by atoms with E-state index in [-0.39, 0.29) is 0 Å². The summed E-state index contributed by atoms with van der Waals surface area (Å²) in [7, 11) is 0. The fourth-order valence-electron chi connectivity index (χ4n) is 3.49. The summed E-state index contributed by atoms with van der Waals surface area (Å²) in [5.74, 6) is 0. The van der Waals surface area contributed by atoms with Crippen molar-refractivity contribution in [1.82, 2.24) is 0 Å². The molecule has 0 amide bonds. The molecule has 1 nitrogen and oxygen atoms in total. The van der Waals surface area contributed by atoms with Crippen LogP contribution in [0.15, 0.2) is 16.6 Å². The molecule has 1 aromatic carbocycles. The average molecular weight is 294 g/mol. The van der Waals surface area contributed by atoms with E-state index in [2.05, 4.69) is 46.8 Å². The smallest absolute Gasteiger partial charge is 0.0372 e. The highest BCUT2D eigenvalue weighted by Gasteiger charge is 2.44. The first kappa shape index (κ1) is 11.6. The third kappa shape index (κ3) is 1.91. The van der Waals surface area contributed by atoms with Crippen LogP contribution in [-0.4, -0.2) is 13.1 Å². The molecule has 0 radical (unpaired) electrons. The van der Waals surface area contributed by atoms with E-state index in [9.17, 15) is 0 Å². The van der Waals surface area contributed by atoms with Gasteiger partial charge in [-0.1, -0.05) is 28.8 Å². The van der Waals surface area contributed by atoms with Gasteiger partial charge in [0, 0.05) is 28.7 Å². The normalized spacial score (nSPS) is 21.9. The van der Waals surface area contributed by atoms with Crippen LogP contribution in [0.2, 0.25) is 0 Å². The summed E-state index contributed by atoms with van der Waals surface area (Å²) in [5.41, 5.74) is 4.81. The molecule has 1 heterocycles. The molecule has 17 heavy (non-hydrogen) atoms. The van der Waals surface area contributed by atoms with Gasteiger partial charge in [0.1, 0.15) is 0 Å². The molecule has 0 atom stereocenters. The number of rotatable bonds is 1. The first-order valence-electron chi connectivity index (χ1n) is 6.61. The number of anilines is 1. The van der Waals surface area contributed by atoms with Gasteiger partial charge >= 0.3 is 0 Å². The van der Waals surface area contributed by atoms with E-state index in [1.54, 1.807) is 0 Å². The van der Waals surface area contributed by atoms with Gasteiger partial charge in [-0.3, -0.25) is 0 Å². The van der Waals surface area contributed by atoms with Gasteiger partial charge in [-0.15, -0.1) is 0 Å². The maximum atomic E-state index is 3.64. The molecule has 1 aliphatic carbocycles. The molecule has 0 aromatic heterocycles. The first-order valence-corrected chi connectivity index (χ1v) is 7.41. The van der Waals surface area contributed by atoms with Crippen molar-refractivity contribution in [3.8, 4) is 0 Å². The van der Waals surface area contributed by atoms with Gasteiger partial charge in [-0.25, -0.2) is 0 Å². The molecular weight excluding hydrogens is 274 g/mol. The predicted molar refractivity (Wildman–Crippen MR) is 76.7 cm³/mol. The van der Waals surface area contributed by atoms with E-state index < -0.39 is 0 Å². The topological polar surface area (TPSA) is 3.24 Å². The molecule has 1 aromatic rings. The second-order valence-corrected chi connectivity index (χ2v) is 6.75. The van der Waals surface area contributed by atoms with Crippen molar-refractivity contribution in [1.29, 1.82) is 0 Å². The average Bonchev–Trinajstić information content (AvgIpc) is 2.72. The summed E-state index contributed by atoms with van der Waals surface area (Å²) in [5, 5.41) is 0.